The van der Waals surface area contributed by atoms with E-state index in [2.05, 4.69) is 35.6 Å². The van der Waals surface area contributed by atoms with E-state index in [4.69, 9.17) is 0 Å². The minimum Gasteiger partial charge on any atom is -0.339 e. The maximum Gasteiger partial charge on any atom is 0.257 e. The zero-order valence-electron chi connectivity index (χ0n) is 21.0. The summed E-state index contributed by atoms with van der Waals surface area (Å²) in [6.07, 6.45) is 11.8. The lowest BCUT2D eigenvalue weighted by atomic mass is 9.80. The van der Waals surface area contributed by atoms with Crippen LogP contribution in [0.1, 0.15) is 41.7 Å². The number of pyridine rings is 2. The van der Waals surface area contributed by atoms with Gasteiger partial charge in [0, 0.05) is 43.0 Å². The summed E-state index contributed by atoms with van der Waals surface area (Å²) in [5, 5.41) is 10.9. The van der Waals surface area contributed by atoms with Gasteiger partial charge in [0.05, 0.1) is 47.3 Å². The van der Waals surface area contributed by atoms with Crippen LogP contribution >= 0.6 is 0 Å². The number of carbonyl (C=O) groups excluding carboxylic acids is 2. The van der Waals surface area contributed by atoms with Gasteiger partial charge in [0.1, 0.15) is 5.65 Å². The molecule has 0 spiro atoms. The molecule has 7 rings (SSSR count). The van der Waals surface area contributed by atoms with Crippen LogP contribution in [0.2, 0.25) is 0 Å². The average Bonchev–Trinajstić information content (AvgIpc) is 3.52. The van der Waals surface area contributed by atoms with E-state index in [0.717, 1.165) is 29.1 Å². The number of nitrogens with one attached hydrogen (secondary N) is 3. The highest BCUT2D eigenvalue weighted by molar-refractivity contribution is 6.06. The number of aryl methyl sites for hydroxylation is 2. The molecule has 2 saturated heterocycles. The molecule has 2 bridgehead atoms. The second-order valence-electron chi connectivity index (χ2n) is 10.2. The number of aromatic nitrogens is 5. The molecule has 1 saturated carbocycles. The highest BCUT2D eigenvalue weighted by atomic mass is 16.2. The Morgan fingerprint density at radius 2 is 1.89 bits per heavy atom. The Morgan fingerprint density at radius 3 is 2.62 bits per heavy atom. The molecule has 4 aromatic heterocycles. The van der Waals surface area contributed by atoms with Gasteiger partial charge in [0.15, 0.2) is 0 Å². The first kappa shape index (κ1) is 23.4. The molecule has 2 amide bonds. The molecule has 10 nitrogen and oxygen atoms in total. The number of carbonyl (C=O) groups is 2. The van der Waals surface area contributed by atoms with Gasteiger partial charge in [-0.25, -0.2) is 4.98 Å². The number of H-pyrrole nitrogens is 1. The molecule has 0 unspecified atom stereocenters. The largest absolute Gasteiger partial charge is 0.339 e. The van der Waals surface area contributed by atoms with Crippen molar-refractivity contribution < 1.29 is 9.59 Å². The third-order valence-electron chi connectivity index (χ3n) is 7.54. The van der Waals surface area contributed by atoms with Crippen LogP contribution < -0.4 is 10.6 Å². The zero-order valence-corrected chi connectivity index (χ0v) is 21.0. The van der Waals surface area contributed by atoms with Crippen molar-refractivity contribution >= 4 is 34.2 Å². The Labute approximate surface area is 214 Å². The van der Waals surface area contributed by atoms with E-state index >= 15 is 0 Å². The van der Waals surface area contributed by atoms with Crippen LogP contribution in [0.4, 0.5) is 11.4 Å². The molecule has 37 heavy (non-hydrogen) atoms. The fraction of sp³-hybridized carbons (Fsp3) is 0.370. The fourth-order valence-electron chi connectivity index (χ4n) is 5.53. The number of piperidine rings is 2. The van der Waals surface area contributed by atoms with E-state index in [9.17, 15) is 9.59 Å². The van der Waals surface area contributed by atoms with Gasteiger partial charge in [-0.1, -0.05) is 0 Å². The van der Waals surface area contributed by atoms with E-state index < -0.39 is 0 Å². The maximum atomic E-state index is 13.1. The fourth-order valence-corrected chi connectivity index (χ4v) is 5.53. The van der Waals surface area contributed by atoms with Gasteiger partial charge in [-0.05, 0) is 56.7 Å². The summed E-state index contributed by atoms with van der Waals surface area (Å²) in [5.74, 6) is 0.376. The summed E-state index contributed by atoms with van der Waals surface area (Å²) in [5.41, 5.74) is 4.72. The summed E-state index contributed by atoms with van der Waals surface area (Å²) in [6, 6.07) is 6.03. The number of hydrogen-bond acceptors (Lipinski definition) is 6. The minimum absolute atomic E-state index is 0.0537. The van der Waals surface area contributed by atoms with Crippen molar-refractivity contribution in [2.45, 2.75) is 38.6 Å². The standard InChI is InChI=1S/C27H30N8O2/c1-16-23(9-21(12-28-16)31-25(36)15-35-13-17-3-5-22(35)6-4-17)33-27(37)19-7-18-8-24(32-26(18)29-10-19)20-11-30-34(2)14-20/h7-12,14,17,22H,3-6,13,15H2,1-2H3,(H,29,32)(H,31,36)(H,33,37). The van der Waals surface area contributed by atoms with Crippen molar-refractivity contribution in [2.24, 2.45) is 13.0 Å². The third kappa shape index (κ3) is 4.84. The Morgan fingerprint density at radius 1 is 1.05 bits per heavy atom. The molecular weight excluding hydrogens is 468 g/mol. The number of anilines is 2. The summed E-state index contributed by atoms with van der Waals surface area (Å²) in [6.45, 7) is 3.22. The molecule has 6 heterocycles. The van der Waals surface area contributed by atoms with Crippen molar-refractivity contribution in [3.05, 3.63) is 54.2 Å². The van der Waals surface area contributed by atoms with Gasteiger partial charge in [-0.15, -0.1) is 0 Å². The predicted molar refractivity (Wildman–Crippen MR) is 141 cm³/mol. The Kier molecular flexibility index (Phi) is 5.96. The van der Waals surface area contributed by atoms with E-state index in [-0.39, 0.29) is 11.8 Å². The summed E-state index contributed by atoms with van der Waals surface area (Å²) in [4.78, 5) is 40.2. The molecule has 0 radical (unpaired) electrons. The van der Waals surface area contributed by atoms with Gasteiger partial charge in [0.25, 0.3) is 5.91 Å². The predicted octanol–water partition coefficient (Wildman–Crippen LogP) is 3.73. The molecular formula is C27H30N8O2. The molecule has 4 aromatic rings. The monoisotopic (exact) mass is 498 g/mol. The lowest BCUT2D eigenvalue weighted by molar-refractivity contribution is -0.119. The lowest BCUT2D eigenvalue weighted by Gasteiger charge is -2.44. The number of hydrogen-bond donors (Lipinski definition) is 3. The van der Waals surface area contributed by atoms with Crippen molar-refractivity contribution in [1.82, 2.24) is 29.6 Å². The second-order valence-corrected chi connectivity index (χ2v) is 10.2. The van der Waals surface area contributed by atoms with E-state index in [1.54, 1.807) is 35.4 Å². The number of nitrogens with zero attached hydrogens (tertiary/aromatic N) is 5. The van der Waals surface area contributed by atoms with Crippen molar-refractivity contribution in [2.75, 3.05) is 23.7 Å². The summed E-state index contributed by atoms with van der Waals surface area (Å²) < 4.78 is 1.73. The third-order valence-corrected chi connectivity index (χ3v) is 7.54. The van der Waals surface area contributed by atoms with Crippen LogP contribution in [0, 0.1) is 12.8 Å². The van der Waals surface area contributed by atoms with Gasteiger partial charge in [-0.3, -0.25) is 24.2 Å². The van der Waals surface area contributed by atoms with E-state index in [0.29, 0.717) is 40.9 Å². The first-order chi connectivity index (χ1) is 17.9. The number of rotatable bonds is 6. The van der Waals surface area contributed by atoms with E-state index in [1.165, 1.54) is 25.7 Å². The van der Waals surface area contributed by atoms with Crippen LogP contribution in [0.3, 0.4) is 0 Å². The molecule has 190 valence electrons. The highest BCUT2D eigenvalue weighted by Gasteiger charge is 2.34. The average molecular weight is 499 g/mol. The van der Waals surface area contributed by atoms with Crippen LogP contribution in [0.5, 0.6) is 0 Å². The van der Waals surface area contributed by atoms with Crippen molar-refractivity contribution in [3.63, 3.8) is 0 Å². The minimum atomic E-state index is -0.295. The van der Waals surface area contributed by atoms with Gasteiger partial charge >= 0.3 is 0 Å². The highest BCUT2D eigenvalue weighted by Crippen LogP contribution is 2.34. The zero-order chi connectivity index (χ0) is 25.5. The summed E-state index contributed by atoms with van der Waals surface area (Å²) in [7, 11) is 1.86. The molecule has 3 fully saturated rings. The number of amides is 2. The molecule has 2 aliphatic heterocycles. The number of fused-ring (bicyclic) bond motifs is 4. The first-order valence-corrected chi connectivity index (χ1v) is 12.7. The number of aromatic amines is 1. The molecule has 0 atom stereocenters. The van der Waals surface area contributed by atoms with Crippen LogP contribution in [-0.4, -0.2) is 60.6 Å². The van der Waals surface area contributed by atoms with E-state index in [1.807, 2.05) is 26.2 Å². The van der Waals surface area contributed by atoms with Crippen LogP contribution in [0.25, 0.3) is 22.3 Å². The van der Waals surface area contributed by atoms with Crippen molar-refractivity contribution in [1.29, 1.82) is 0 Å². The van der Waals surface area contributed by atoms with Crippen LogP contribution in [0.15, 0.2) is 43.0 Å². The first-order valence-electron chi connectivity index (χ1n) is 12.7. The Balaban J connectivity index is 1.14. The molecule has 10 heteroatoms. The second kappa shape index (κ2) is 9.44. The quantitative estimate of drug-likeness (QED) is 0.373. The summed E-state index contributed by atoms with van der Waals surface area (Å²) >= 11 is 0. The van der Waals surface area contributed by atoms with Gasteiger partial charge in [-0.2, -0.15) is 5.10 Å². The lowest BCUT2D eigenvalue weighted by Crippen LogP contribution is -2.50. The normalized spacial score (nSPS) is 19.3. The molecule has 3 N–H and O–H groups in total. The van der Waals surface area contributed by atoms with Gasteiger partial charge in [0.2, 0.25) is 5.91 Å². The topological polar surface area (TPSA) is 121 Å². The molecule has 3 aliphatic rings. The Hall–Kier alpha value is -4.05. The van der Waals surface area contributed by atoms with Crippen LogP contribution in [-0.2, 0) is 11.8 Å². The van der Waals surface area contributed by atoms with Gasteiger partial charge < -0.3 is 15.6 Å². The van der Waals surface area contributed by atoms with Crippen molar-refractivity contribution in [3.8, 4) is 11.3 Å². The smallest absolute Gasteiger partial charge is 0.257 e. The molecule has 0 aromatic carbocycles. The Bertz CT molecular complexity index is 1480. The SMILES string of the molecule is Cc1ncc(NC(=O)CN2CC3CCC2CC3)cc1NC(=O)c1cnc2[nH]c(-c3cnn(C)c3)cc2c1. The maximum absolute atomic E-state index is 13.1. The molecule has 1 aliphatic carbocycles.